The van der Waals surface area contributed by atoms with Gasteiger partial charge in [0.25, 0.3) is 0 Å². The van der Waals surface area contributed by atoms with E-state index in [1.807, 2.05) is 79.7 Å². The standard InChI is InChI=1S/C24BF20.C24H22NO2S/c26-5-1(6(27)14(35)21(42)13(5)34)25(2-7(28)15(36)22(43)16(37)8(2)29,3-9(30)17(38)23(44)18(39)10(3)31)4-11(32)19(40)24(45)20(41)12(4)33;1-25(2)22-15-13-21(14-16-22)24(26)19-28(27,23-11-7-4-8-12-23)18-17-20-9-5-3-6-10-20/h;3-16H,19H2,1-2H3/q-1;+1. The van der Waals surface area contributed by atoms with Crippen LogP contribution < -0.4 is 26.8 Å². The Morgan fingerprint density at radius 1 is 0.411 bits per heavy atom. The Balaban J connectivity index is 0.000000265. The van der Waals surface area contributed by atoms with Crippen LogP contribution in [0.4, 0.5) is 93.5 Å². The van der Waals surface area contributed by atoms with E-state index >= 15 is 35.1 Å². The molecule has 0 radical (unpaired) electrons. The van der Waals surface area contributed by atoms with Crippen molar-refractivity contribution in [2.45, 2.75) is 4.90 Å². The minimum Gasteiger partial charge on any atom is -0.378 e. The molecule has 0 aliphatic carbocycles. The molecule has 0 saturated carbocycles. The first-order valence-electron chi connectivity index (χ1n) is 19.9. The highest BCUT2D eigenvalue weighted by molar-refractivity contribution is 8.07. The number of rotatable bonds is 9. The van der Waals surface area contributed by atoms with E-state index in [4.69, 9.17) is 0 Å². The van der Waals surface area contributed by atoms with Crippen LogP contribution in [-0.4, -0.2) is 31.8 Å². The minimum atomic E-state index is -7.22. The van der Waals surface area contributed by atoms with Crippen molar-refractivity contribution in [2.24, 2.45) is 0 Å². The third kappa shape index (κ3) is 9.39. The lowest BCUT2D eigenvalue weighted by molar-refractivity contribution is 0.102. The highest BCUT2D eigenvalue weighted by Crippen LogP contribution is 2.31. The Bertz CT molecular complexity index is 3080. The van der Waals surface area contributed by atoms with Crippen molar-refractivity contribution in [2.75, 3.05) is 24.7 Å². The first kappa shape index (κ1) is 54.7. The van der Waals surface area contributed by atoms with E-state index in [1.165, 1.54) is 0 Å². The van der Waals surface area contributed by atoms with Gasteiger partial charge in [-0.1, -0.05) is 40.6 Å². The van der Waals surface area contributed by atoms with E-state index in [2.05, 4.69) is 11.2 Å². The van der Waals surface area contributed by atoms with Crippen LogP contribution in [-0.2, 0) is 14.1 Å². The van der Waals surface area contributed by atoms with Gasteiger partial charge in [-0.15, -0.1) is 21.9 Å². The number of carbonyl (C=O) groups excluding carboxylic acids is 1. The highest BCUT2D eigenvalue weighted by Gasteiger charge is 2.52. The van der Waals surface area contributed by atoms with Gasteiger partial charge in [0.15, 0.2) is 85.7 Å². The van der Waals surface area contributed by atoms with Crippen molar-refractivity contribution < 1.29 is 96.8 Å². The summed E-state index contributed by atoms with van der Waals surface area (Å²) in [6.07, 6.45) is -7.22. The summed E-state index contributed by atoms with van der Waals surface area (Å²) >= 11 is 0. The molecule has 7 rings (SSSR count). The maximum Gasteiger partial charge on any atom is 0.213 e. The number of ketones is 1. The Morgan fingerprint density at radius 3 is 0.973 bits per heavy atom. The van der Waals surface area contributed by atoms with Crippen molar-refractivity contribution in [3.63, 3.8) is 0 Å². The number of hydrogen-bond acceptors (Lipinski definition) is 3. The molecular formula is C48H22BF20NO2S. The van der Waals surface area contributed by atoms with E-state index in [9.17, 15) is 61.7 Å². The van der Waals surface area contributed by atoms with Crippen LogP contribution in [0.15, 0.2) is 89.8 Å². The second-order valence-electron chi connectivity index (χ2n) is 15.4. The molecule has 1 atom stereocenters. The second-order valence-corrected chi connectivity index (χ2v) is 17.7. The van der Waals surface area contributed by atoms with Crippen LogP contribution in [0.5, 0.6) is 0 Å². The largest absolute Gasteiger partial charge is 0.378 e. The SMILES string of the molecule is CN(C)c1ccc(C(=O)C[S+](=O)(C#Cc2ccccc2)c2ccccc2)cc1.Fc1c(F)c(F)c([B-](c2c(F)c(F)c(F)c(F)c2F)(c2c(F)c(F)c(F)c(F)c2F)c2c(F)c(F)c(F)c(F)c2F)c(F)c1F. The van der Waals surface area contributed by atoms with Crippen molar-refractivity contribution in [3.05, 3.63) is 212 Å². The Hall–Kier alpha value is -7.62. The normalized spacial score (nSPS) is 12.1. The van der Waals surface area contributed by atoms with E-state index in [0.29, 0.717) is 10.5 Å². The van der Waals surface area contributed by atoms with E-state index in [1.54, 1.807) is 24.3 Å². The zero-order valence-electron chi connectivity index (χ0n) is 36.1. The number of nitrogens with zero attached hydrogens (tertiary/aromatic N) is 1. The van der Waals surface area contributed by atoms with E-state index < -0.39 is 154 Å². The summed E-state index contributed by atoms with van der Waals surface area (Å²) in [7, 11) is 1.02. The van der Waals surface area contributed by atoms with Gasteiger partial charge < -0.3 is 4.90 Å². The summed E-state index contributed by atoms with van der Waals surface area (Å²) in [6.45, 7) is 0. The average Bonchev–Trinajstić information content (AvgIpc) is 3.38. The predicted molar refractivity (Wildman–Crippen MR) is 225 cm³/mol. The molecule has 7 aromatic carbocycles. The van der Waals surface area contributed by atoms with Crippen LogP contribution in [0.1, 0.15) is 15.9 Å². The molecule has 0 heterocycles. The number of benzene rings is 7. The van der Waals surface area contributed by atoms with E-state index in [-0.39, 0.29) is 11.5 Å². The molecule has 1 unspecified atom stereocenters. The van der Waals surface area contributed by atoms with Crippen LogP contribution in [0.3, 0.4) is 0 Å². The summed E-state index contributed by atoms with van der Waals surface area (Å²) in [5.41, 5.74) is -12.0. The molecular weight excluding hydrogens is 1050 g/mol. The molecule has 73 heavy (non-hydrogen) atoms. The van der Waals surface area contributed by atoms with Crippen molar-refractivity contribution >= 4 is 49.4 Å². The maximum absolute atomic E-state index is 15.4. The summed E-state index contributed by atoms with van der Waals surface area (Å²) in [6, 6.07) is 25.7. The monoisotopic (exact) mass is 1070 g/mol. The zero-order chi connectivity index (χ0) is 54.3. The molecule has 3 nitrogen and oxygen atoms in total. The predicted octanol–water partition coefficient (Wildman–Crippen LogP) is 10.3. The fraction of sp³-hybridized carbons (Fsp3) is 0.0625. The zero-order valence-corrected chi connectivity index (χ0v) is 36.9. The summed E-state index contributed by atoms with van der Waals surface area (Å²) in [5, 5.41) is 2.91. The Morgan fingerprint density at radius 2 is 0.685 bits per heavy atom. The number of carbonyl (C=O) groups is 1. The molecule has 25 heteroatoms. The number of hydrogen-bond donors (Lipinski definition) is 0. The third-order valence-corrected chi connectivity index (χ3v) is 13.1. The van der Waals surface area contributed by atoms with E-state index in [0.717, 1.165) is 11.3 Å². The molecule has 0 aliphatic heterocycles. The molecule has 0 aromatic heterocycles. The molecule has 0 fully saturated rings. The average molecular weight is 1070 g/mol. The minimum absolute atomic E-state index is 0.141. The van der Waals surface area contributed by atoms with Crippen LogP contribution >= 0.6 is 0 Å². The molecule has 380 valence electrons. The van der Waals surface area contributed by atoms with Gasteiger partial charge in [0.1, 0.15) is 52.7 Å². The lowest BCUT2D eigenvalue weighted by Crippen LogP contribution is -2.81. The van der Waals surface area contributed by atoms with Gasteiger partial charge >= 0.3 is 0 Å². The molecule has 0 saturated heterocycles. The Kier molecular flexibility index (Phi) is 15.6. The van der Waals surface area contributed by atoms with Crippen molar-refractivity contribution in [1.82, 2.24) is 0 Å². The molecule has 0 amide bonds. The van der Waals surface area contributed by atoms with Gasteiger partial charge in [0, 0.05) is 30.9 Å². The van der Waals surface area contributed by atoms with Gasteiger partial charge in [-0.05, 0) is 54.5 Å². The van der Waals surface area contributed by atoms with Gasteiger partial charge in [0.05, 0.1) is 0 Å². The smallest absolute Gasteiger partial charge is 0.213 e. The highest BCUT2D eigenvalue weighted by atomic mass is 32.2. The number of anilines is 1. The lowest BCUT2D eigenvalue weighted by Gasteiger charge is -2.44. The Labute approximate surface area is 398 Å². The maximum atomic E-state index is 15.4. The van der Waals surface area contributed by atoms with Gasteiger partial charge in [-0.2, -0.15) is 0 Å². The first-order chi connectivity index (χ1) is 34.2. The number of Topliss-reactive ketones (excluding diaryl/α,β-unsaturated/α-hetero) is 1. The van der Waals surface area contributed by atoms with Crippen molar-refractivity contribution in [3.8, 4) is 11.2 Å². The quantitative estimate of drug-likeness (QED) is 0.0275. The fourth-order valence-corrected chi connectivity index (χ4v) is 9.34. The van der Waals surface area contributed by atoms with Gasteiger partial charge in [-0.25, -0.2) is 87.8 Å². The summed E-state index contributed by atoms with van der Waals surface area (Å²) in [5.74, 6) is -68.7. The van der Waals surface area contributed by atoms with Crippen molar-refractivity contribution in [1.29, 1.82) is 0 Å². The second kappa shape index (κ2) is 20.8. The van der Waals surface area contributed by atoms with Crippen LogP contribution in [0.2, 0.25) is 0 Å². The topological polar surface area (TPSA) is 37.4 Å². The fourth-order valence-electron chi connectivity index (χ4n) is 7.57. The van der Waals surface area contributed by atoms with Crippen LogP contribution in [0, 0.1) is 128 Å². The molecule has 0 N–H and O–H groups in total. The first-order valence-corrected chi connectivity index (χ1v) is 21.6. The van der Waals surface area contributed by atoms with Gasteiger partial charge in [0.2, 0.25) is 15.7 Å². The lowest BCUT2D eigenvalue weighted by atomic mass is 9.12. The molecule has 7 aromatic rings. The summed E-state index contributed by atoms with van der Waals surface area (Å²) < 4.78 is 308. The van der Waals surface area contributed by atoms with Crippen LogP contribution in [0.25, 0.3) is 0 Å². The molecule has 0 spiro atoms. The molecule has 0 aliphatic rings. The van der Waals surface area contributed by atoms with Gasteiger partial charge in [-0.3, -0.25) is 4.79 Å². The number of halogens is 20. The summed E-state index contributed by atoms with van der Waals surface area (Å²) in [4.78, 5) is 15.4. The third-order valence-electron chi connectivity index (χ3n) is 11.0. The molecule has 0 bridgehead atoms.